The minimum atomic E-state index is 0.766. The zero-order valence-corrected chi connectivity index (χ0v) is 14.9. The van der Waals surface area contributed by atoms with Crippen molar-refractivity contribution in [2.45, 2.75) is 89.9 Å². The van der Waals surface area contributed by atoms with Crippen LogP contribution in [0.5, 0.6) is 0 Å². The Morgan fingerprint density at radius 2 is 1.67 bits per heavy atom. The van der Waals surface area contributed by atoms with Crippen LogP contribution in [0.25, 0.3) is 0 Å². The predicted octanol–water partition coefficient (Wildman–Crippen LogP) is 5.93. The first-order valence-corrected chi connectivity index (χ1v) is 9.99. The summed E-state index contributed by atoms with van der Waals surface area (Å²) in [6, 6.07) is 0. The summed E-state index contributed by atoms with van der Waals surface area (Å²) in [5.74, 6) is 1.33. The third kappa shape index (κ3) is 10.00. The summed E-state index contributed by atoms with van der Waals surface area (Å²) in [6.45, 7) is 5.70. The van der Waals surface area contributed by atoms with Crippen molar-refractivity contribution in [2.75, 3.05) is 5.75 Å². The highest BCUT2D eigenvalue weighted by Gasteiger charge is 2.09. The molecule has 0 saturated carbocycles. The van der Waals surface area contributed by atoms with Gasteiger partial charge in [-0.3, -0.25) is 0 Å². The van der Waals surface area contributed by atoms with E-state index in [1.54, 1.807) is 0 Å². The zero-order valence-electron chi connectivity index (χ0n) is 14.1. The maximum atomic E-state index is 4.17. The average molecular weight is 311 g/mol. The van der Waals surface area contributed by atoms with Gasteiger partial charge >= 0.3 is 0 Å². The molecule has 0 aromatic carbocycles. The number of imidazole rings is 1. The van der Waals surface area contributed by atoms with E-state index < -0.39 is 0 Å². The molecule has 0 fully saturated rings. The highest BCUT2D eigenvalue weighted by Crippen LogP contribution is 2.22. The molecule has 1 atom stereocenters. The van der Waals surface area contributed by atoms with Gasteiger partial charge in [0.1, 0.15) is 0 Å². The van der Waals surface area contributed by atoms with E-state index in [0.29, 0.717) is 0 Å². The standard InChI is InChI=1S/C18H34N2S/c1-3-5-7-9-11-15-21-18(12-10-8-6-4-2)16-20-14-13-19-17-20/h13-14,17-18H,3-12,15-16H2,1-2H3. The molecule has 0 N–H and O–H groups in total. The molecular weight excluding hydrogens is 276 g/mol. The Morgan fingerprint density at radius 1 is 0.952 bits per heavy atom. The number of rotatable bonds is 14. The monoisotopic (exact) mass is 310 g/mol. The van der Waals surface area contributed by atoms with Crippen molar-refractivity contribution in [1.29, 1.82) is 0 Å². The van der Waals surface area contributed by atoms with Crippen LogP contribution in [0.1, 0.15) is 78.1 Å². The number of hydrogen-bond donors (Lipinski definition) is 0. The number of hydrogen-bond acceptors (Lipinski definition) is 2. The Hall–Kier alpha value is -0.440. The van der Waals surface area contributed by atoms with Crippen LogP contribution in [0.15, 0.2) is 18.7 Å². The first-order chi connectivity index (χ1) is 10.4. The lowest BCUT2D eigenvalue weighted by molar-refractivity contribution is 0.568. The summed E-state index contributed by atoms with van der Waals surface area (Å²) >= 11 is 2.19. The van der Waals surface area contributed by atoms with Gasteiger partial charge in [-0.05, 0) is 18.6 Å². The van der Waals surface area contributed by atoms with Gasteiger partial charge in [0.05, 0.1) is 6.33 Å². The molecule has 0 aliphatic heterocycles. The summed E-state index contributed by atoms with van der Waals surface area (Å²) in [6.07, 6.45) is 19.8. The van der Waals surface area contributed by atoms with Gasteiger partial charge in [0, 0.05) is 24.2 Å². The minimum Gasteiger partial charge on any atom is -0.336 e. The van der Waals surface area contributed by atoms with Crippen LogP contribution < -0.4 is 0 Å². The summed E-state index contributed by atoms with van der Waals surface area (Å²) in [4.78, 5) is 4.17. The first kappa shape index (κ1) is 18.6. The van der Waals surface area contributed by atoms with Crippen molar-refractivity contribution in [2.24, 2.45) is 0 Å². The third-order valence-electron chi connectivity index (χ3n) is 3.95. The second-order valence-electron chi connectivity index (χ2n) is 6.02. The molecule has 0 spiro atoms. The molecular formula is C18H34N2S. The lowest BCUT2D eigenvalue weighted by Crippen LogP contribution is -2.13. The van der Waals surface area contributed by atoms with Crippen LogP contribution in [0.2, 0.25) is 0 Å². The van der Waals surface area contributed by atoms with Crippen molar-refractivity contribution in [3.8, 4) is 0 Å². The second-order valence-corrected chi connectivity index (χ2v) is 7.42. The van der Waals surface area contributed by atoms with Gasteiger partial charge < -0.3 is 4.57 Å². The summed E-state index contributed by atoms with van der Waals surface area (Å²) in [5.41, 5.74) is 0. The van der Waals surface area contributed by atoms with Crippen molar-refractivity contribution >= 4 is 11.8 Å². The van der Waals surface area contributed by atoms with Gasteiger partial charge in [0.2, 0.25) is 0 Å². The number of unbranched alkanes of at least 4 members (excludes halogenated alkanes) is 7. The van der Waals surface area contributed by atoms with Gasteiger partial charge in [-0.1, -0.05) is 65.2 Å². The Morgan fingerprint density at radius 3 is 2.33 bits per heavy atom. The lowest BCUT2D eigenvalue weighted by Gasteiger charge is -2.17. The summed E-state index contributed by atoms with van der Waals surface area (Å²) in [5, 5.41) is 0.766. The quantitative estimate of drug-likeness (QED) is 0.397. The van der Waals surface area contributed by atoms with Gasteiger partial charge in [0.25, 0.3) is 0 Å². The molecule has 0 amide bonds. The lowest BCUT2D eigenvalue weighted by atomic mass is 10.1. The molecule has 122 valence electrons. The normalized spacial score (nSPS) is 12.7. The third-order valence-corrected chi connectivity index (χ3v) is 5.34. The molecule has 0 aliphatic rings. The maximum Gasteiger partial charge on any atom is 0.0946 e. The van der Waals surface area contributed by atoms with Gasteiger partial charge in [-0.15, -0.1) is 0 Å². The average Bonchev–Trinajstić information content (AvgIpc) is 2.99. The molecule has 1 heterocycles. The number of aromatic nitrogens is 2. The largest absolute Gasteiger partial charge is 0.336 e. The van der Waals surface area contributed by atoms with Gasteiger partial charge in [-0.25, -0.2) is 4.98 Å². The summed E-state index contributed by atoms with van der Waals surface area (Å²) in [7, 11) is 0. The molecule has 1 aromatic rings. The summed E-state index contributed by atoms with van der Waals surface area (Å²) < 4.78 is 2.24. The van der Waals surface area contributed by atoms with E-state index in [1.807, 2.05) is 12.5 Å². The van der Waals surface area contributed by atoms with Crippen LogP contribution in [-0.2, 0) is 6.54 Å². The van der Waals surface area contributed by atoms with E-state index in [0.717, 1.165) is 11.8 Å². The van der Waals surface area contributed by atoms with Crippen molar-refractivity contribution in [3.05, 3.63) is 18.7 Å². The molecule has 2 nitrogen and oxygen atoms in total. The molecule has 0 saturated heterocycles. The van der Waals surface area contributed by atoms with E-state index >= 15 is 0 Å². The predicted molar refractivity (Wildman–Crippen MR) is 96.0 cm³/mol. The fourth-order valence-corrected chi connectivity index (χ4v) is 3.93. The van der Waals surface area contributed by atoms with E-state index in [2.05, 4.69) is 41.4 Å². The smallest absolute Gasteiger partial charge is 0.0946 e. The Labute approximate surface area is 136 Å². The topological polar surface area (TPSA) is 17.8 Å². The molecule has 3 heteroatoms. The zero-order chi connectivity index (χ0) is 15.2. The molecule has 0 aliphatic carbocycles. The van der Waals surface area contributed by atoms with Crippen LogP contribution in [0.4, 0.5) is 0 Å². The van der Waals surface area contributed by atoms with Crippen LogP contribution in [0, 0.1) is 0 Å². The van der Waals surface area contributed by atoms with Crippen molar-refractivity contribution in [3.63, 3.8) is 0 Å². The van der Waals surface area contributed by atoms with E-state index in [9.17, 15) is 0 Å². The molecule has 1 rings (SSSR count). The number of nitrogens with zero attached hydrogens (tertiary/aromatic N) is 2. The van der Waals surface area contributed by atoms with Crippen molar-refractivity contribution in [1.82, 2.24) is 9.55 Å². The Kier molecular flexibility index (Phi) is 11.7. The molecule has 21 heavy (non-hydrogen) atoms. The van der Waals surface area contributed by atoms with E-state index in [1.165, 1.54) is 70.0 Å². The van der Waals surface area contributed by atoms with Gasteiger partial charge in [-0.2, -0.15) is 11.8 Å². The fraction of sp³-hybridized carbons (Fsp3) is 0.833. The first-order valence-electron chi connectivity index (χ1n) is 8.94. The van der Waals surface area contributed by atoms with Crippen molar-refractivity contribution < 1.29 is 0 Å². The minimum absolute atomic E-state index is 0.766. The maximum absolute atomic E-state index is 4.17. The Bertz CT molecular complexity index is 311. The highest BCUT2D eigenvalue weighted by atomic mass is 32.2. The van der Waals surface area contributed by atoms with Crippen LogP contribution >= 0.6 is 11.8 Å². The number of thioether (sulfide) groups is 1. The SMILES string of the molecule is CCCCCCCSC(CCCCCC)Cn1ccnc1. The van der Waals surface area contributed by atoms with E-state index in [-0.39, 0.29) is 0 Å². The molecule has 0 bridgehead atoms. The highest BCUT2D eigenvalue weighted by molar-refractivity contribution is 7.99. The van der Waals surface area contributed by atoms with E-state index in [4.69, 9.17) is 0 Å². The molecule has 1 aromatic heterocycles. The van der Waals surface area contributed by atoms with Gasteiger partial charge in [0.15, 0.2) is 0 Å². The Balaban J connectivity index is 2.19. The van der Waals surface area contributed by atoms with Crippen LogP contribution in [0.3, 0.4) is 0 Å². The fourth-order valence-electron chi connectivity index (χ4n) is 2.61. The second kappa shape index (κ2) is 13.2. The molecule has 0 radical (unpaired) electrons. The molecule has 1 unspecified atom stereocenters. The van der Waals surface area contributed by atoms with Crippen LogP contribution in [-0.4, -0.2) is 20.6 Å².